The fourth-order valence-electron chi connectivity index (χ4n) is 2.19. The second-order valence-electron chi connectivity index (χ2n) is 5.26. The third kappa shape index (κ3) is 3.74. The van der Waals surface area contributed by atoms with Crippen molar-refractivity contribution in [1.29, 1.82) is 0 Å². The molecule has 0 saturated carbocycles. The zero-order valence-corrected chi connectivity index (χ0v) is 15.1. The third-order valence-corrected chi connectivity index (χ3v) is 4.20. The number of anilines is 2. The van der Waals surface area contributed by atoms with Crippen molar-refractivity contribution >= 4 is 44.8 Å². The van der Waals surface area contributed by atoms with Crippen LogP contribution in [0.3, 0.4) is 0 Å². The van der Waals surface area contributed by atoms with E-state index in [2.05, 4.69) is 0 Å². The van der Waals surface area contributed by atoms with Crippen LogP contribution in [0.25, 0.3) is 11.0 Å². The molecule has 0 aliphatic rings. The highest BCUT2D eigenvalue weighted by Gasteiger charge is 2.22. The molecule has 138 valence electrons. The van der Waals surface area contributed by atoms with Gasteiger partial charge in [0.05, 0.1) is 11.6 Å². The van der Waals surface area contributed by atoms with Gasteiger partial charge >= 0.3 is 0 Å². The Kier molecular flexibility index (Phi) is 5.45. The lowest BCUT2D eigenvalue weighted by Gasteiger charge is -2.18. The molecule has 0 aliphatic carbocycles. The molecule has 0 atom stereocenters. The van der Waals surface area contributed by atoms with Gasteiger partial charge < -0.3 is 14.9 Å². The summed E-state index contributed by atoms with van der Waals surface area (Å²) in [5.41, 5.74) is 4.81. The number of hydrogen-bond donors (Lipinski definition) is 2. The summed E-state index contributed by atoms with van der Waals surface area (Å²) < 4.78 is 34.3. The Morgan fingerprint density at radius 1 is 1.19 bits per heavy atom. The number of nitrogens with two attached hydrogens (primary N) is 1. The molecule has 0 spiro atoms. The summed E-state index contributed by atoms with van der Waals surface area (Å²) in [6, 6.07) is 10.9. The minimum absolute atomic E-state index is 0. The van der Waals surface area contributed by atoms with Crippen molar-refractivity contribution < 1.29 is 22.8 Å². The quantitative estimate of drug-likeness (QED) is 0.647. The molecule has 0 bridgehead atoms. The van der Waals surface area contributed by atoms with Gasteiger partial charge in [0.2, 0.25) is 5.43 Å². The van der Waals surface area contributed by atoms with Crippen molar-refractivity contribution in [1.82, 2.24) is 0 Å². The summed E-state index contributed by atoms with van der Waals surface area (Å²) in [7, 11) is -3.99. The van der Waals surface area contributed by atoms with E-state index in [1.165, 1.54) is 12.1 Å². The lowest BCUT2D eigenvalue weighted by atomic mass is 10.2. The van der Waals surface area contributed by atoms with Crippen LogP contribution in [0.2, 0.25) is 0 Å². The zero-order valence-electron chi connectivity index (χ0n) is 13.4. The van der Waals surface area contributed by atoms with Crippen LogP contribution in [0.1, 0.15) is 0 Å². The second-order valence-corrected chi connectivity index (χ2v) is 7.07. The normalized spacial score (nSPS) is 11.0. The van der Waals surface area contributed by atoms with Crippen LogP contribution in [0.4, 0.5) is 11.4 Å². The van der Waals surface area contributed by atoms with Crippen molar-refractivity contribution in [3.63, 3.8) is 0 Å². The van der Waals surface area contributed by atoms with E-state index in [0.29, 0.717) is 5.75 Å². The number of halogens is 1. The summed E-state index contributed by atoms with van der Waals surface area (Å²) in [5, 5.41) is 10.1. The molecule has 0 amide bonds. The monoisotopic (exact) mass is 398 g/mol. The number of para-hydroxylation sites is 1. The van der Waals surface area contributed by atoms with E-state index in [9.17, 15) is 18.4 Å². The second kappa shape index (κ2) is 7.24. The van der Waals surface area contributed by atoms with Gasteiger partial charge in [-0.15, -0.1) is 16.9 Å². The maximum absolute atomic E-state index is 12.2. The van der Waals surface area contributed by atoms with Crippen molar-refractivity contribution in [3.05, 3.63) is 59.0 Å². The van der Waals surface area contributed by atoms with Gasteiger partial charge in [-0.05, 0) is 18.2 Å². The van der Waals surface area contributed by atoms with Gasteiger partial charge in [-0.3, -0.25) is 10.0 Å². The Labute approximate surface area is 154 Å². The Balaban J connectivity index is 0.00000243. The van der Waals surface area contributed by atoms with Crippen LogP contribution in [-0.4, -0.2) is 19.9 Å². The molecule has 0 radical (unpaired) electrons. The van der Waals surface area contributed by atoms with Crippen molar-refractivity contribution in [3.8, 4) is 11.5 Å². The van der Waals surface area contributed by atoms with Crippen LogP contribution in [-0.2, 0) is 10.0 Å². The van der Waals surface area contributed by atoms with Crippen LogP contribution < -0.4 is 20.4 Å². The summed E-state index contributed by atoms with van der Waals surface area (Å²) in [4.78, 5) is 12.2. The van der Waals surface area contributed by atoms with Gasteiger partial charge in [0.1, 0.15) is 29.0 Å². The number of benzene rings is 2. The van der Waals surface area contributed by atoms with E-state index >= 15 is 0 Å². The van der Waals surface area contributed by atoms with E-state index in [1.54, 1.807) is 30.3 Å². The molecular weight excluding hydrogens is 384 g/mol. The molecule has 3 aromatic rings. The number of fused-ring (bicyclic) bond motifs is 1. The van der Waals surface area contributed by atoms with Gasteiger partial charge in [0.25, 0.3) is 10.0 Å². The first kappa shape index (κ1) is 19.6. The first-order chi connectivity index (χ1) is 11.8. The number of nitrogen functional groups attached to an aromatic ring is 1. The lowest BCUT2D eigenvalue weighted by molar-refractivity contribution is 0.313. The lowest BCUT2D eigenvalue weighted by Crippen LogP contribution is -2.26. The van der Waals surface area contributed by atoms with Crippen molar-refractivity contribution in [2.75, 3.05) is 16.5 Å². The van der Waals surface area contributed by atoms with Gasteiger partial charge in [-0.25, -0.2) is 8.42 Å². The molecule has 1 aromatic heterocycles. The number of hydrogen-bond acceptors (Lipinski definition) is 7. The Morgan fingerprint density at radius 3 is 2.46 bits per heavy atom. The van der Waals surface area contributed by atoms with Crippen LogP contribution in [0.15, 0.2) is 57.9 Å². The van der Waals surface area contributed by atoms with E-state index in [0.717, 1.165) is 12.5 Å². The Morgan fingerprint density at radius 2 is 1.85 bits per heavy atom. The predicted octanol–water partition coefficient (Wildman–Crippen LogP) is 2.74. The Bertz CT molecular complexity index is 1100. The molecule has 2 aromatic carbocycles. The number of sulfonamides is 1. The summed E-state index contributed by atoms with van der Waals surface area (Å²) in [6.45, 7) is 0. The maximum atomic E-state index is 12.2. The molecule has 0 unspecified atom stereocenters. The molecule has 8 nitrogen and oxygen atoms in total. The molecule has 10 heteroatoms. The highest BCUT2D eigenvalue weighted by Crippen LogP contribution is 2.36. The van der Waals surface area contributed by atoms with Crippen LogP contribution in [0.5, 0.6) is 11.5 Å². The first-order valence-corrected chi connectivity index (χ1v) is 8.89. The van der Waals surface area contributed by atoms with Gasteiger partial charge in [-0.2, -0.15) is 0 Å². The number of ether oxygens (including phenoxy) is 1. The van der Waals surface area contributed by atoms with Crippen LogP contribution in [0, 0.1) is 0 Å². The van der Waals surface area contributed by atoms with E-state index in [1.807, 2.05) is 0 Å². The Hall–Kier alpha value is -2.75. The summed E-state index contributed by atoms with van der Waals surface area (Å²) >= 11 is 0. The minimum Gasteiger partial charge on any atom is -0.462 e. The topological polar surface area (TPSA) is 123 Å². The van der Waals surface area contributed by atoms with Gasteiger partial charge in [0.15, 0.2) is 5.75 Å². The van der Waals surface area contributed by atoms with Crippen LogP contribution >= 0.6 is 12.4 Å². The fraction of sp³-hybridized carbons (Fsp3) is 0.0625. The maximum Gasteiger partial charge on any atom is 0.254 e. The molecule has 3 rings (SSSR count). The van der Waals surface area contributed by atoms with E-state index in [4.69, 9.17) is 14.9 Å². The SMILES string of the molecule is CS(=O)(=O)N(O)c1cc2occ(N)c(=O)c2cc1Oc1ccccc1.Cl. The number of nitrogens with zero attached hydrogens (tertiary/aromatic N) is 1. The average Bonchev–Trinajstić information content (AvgIpc) is 2.58. The first-order valence-electron chi connectivity index (χ1n) is 7.04. The average molecular weight is 399 g/mol. The fourth-order valence-corrected chi connectivity index (χ4v) is 2.69. The van der Waals surface area contributed by atoms with Gasteiger partial charge in [-0.1, -0.05) is 18.2 Å². The summed E-state index contributed by atoms with van der Waals surface area (Å²) in [6.07, 6.45) is 1.87. The highest BCUT2D eigenvalue weighted by molar-refractivity contribution is 7.91. The molecule has 26 heavy (non-hydrogen) atoms. The minimum atomic E-state index is -3.99. The third-order valence-electron chi connectivity index (χ3n) is 3.37. The highest BCUT2D eigenvalue weighted by atomic mass is 35.5. The smallest absolute Gasteiger partial charge is 0.254 e. The molecular formula is C16H15ClN2O6S. The molecule has 0 saturated heterocycles. The van der Waals surface area contributed by atoms with E-state index in [-0.39, 0.29) is 45.0 Å². The number of rotatable bonds is 4. The molecule has 3 N–H and O–H groups in total. The zero-order chi connectivity index (χ0) is 18.2. The molecule has 1 heterocycles. The van der Waals surface area contributed by atoms with Crippen molar-refractivity contribution in [2.24, 2.45) is 0 Å². The summed E-state index contributed by atoms with van der Waals surface area (Å²) in [5.74, 6) is 0.336. The largest absolute Gasteiger partial charge is 0.462 e. The van der Waals surface area contributed by atoms with Crippen molar-refractivity contribution in [2.45, 2.75) is 0 Å². The predicted molar refractivity (Wildman–Crippen MR) is 99.8 cm³/mol. The molecule has 0 fully saturated rings. The van der Waals surface area contributed by atoms with Gasteiger partial charge in [0, 0.05) is 6.07 Å². The standard InChI is InChI=1S/C16H14N2O6S.ClH/c1-25(21,22)18(20)13-8-14-11(16(19)12(17)9-23-14)7-15(13)24-10-5-3-2-4-6-10;/h2-9,20H,17H2,1H3;1H. The molecule has 0 aliphatic heterocycles. The van der Waals surface area contributed by atoms with E-state index < -0.39 is 15.5 Å².